The van der Waals surface area contributed by atoms with Crippen LogP contribution in [-0.4, -0.2) is 22.6 Å². The van der Waals surface area contributed by atoms with Gasteiger partial charge in [0, 0.05) is 0 Å². The van der Waals surface area contributed by atoms with E-state index in [1.165, 1.54) is 12.1 Å². The molecule has 0 unspecified atom stereocenters. The number of benzene rings is 2. The van der Waals surface area contributed by atoms with Gasteiger partial charge in [0.05, 0.1) is 24.8 Å². The highest BCUT2D eigenvalue weighted by Crippen LogP contribution is 2.39. The van der Waals surface area contributed by atoms with Crippen molar-refractivity contribution >= 4 is 21.6 Å². The Morgan fingerprint density at radius 1 is 1.05 bits per heavy atom. The van der Waals surface area contributed by atoms with Crippen LogP contribution in [0.5, 0.6) is 11.5 Å². The monoisotopic (exact) mass is 327 g/mol. The standard InChI is InChI=1S/C14H14ClNO4S/c1-19-11-4-3-5-12(20-2)14(11)9-6-7-13(10(15)8-9)21(16,17)18/h3-8H,1-2H3,(H2,16,17,18). The van der Waals surface area contributed by atoms with Gasteiger partial charge in [0.15, 0.2) is 0 Å². The number of ether oxygens (including phenoxy) is 2. The molecule has 2 rings (SSSR count). The van der Waals surface area contributed by atoms with E-state index in [0.29, 0.717) is 22.6 Å². The second kappa shape index (κ2) is 5.93. The van der Waals surface area contributed by atoms with Gasteiger partial charge in [-0.05, 0) is 29.8 Å². The lowest BCUT2D eigenvalue weighted by molar-refractivity contribution is 0.397. The number of primary sulfonamides is 1. The Balaban J connectivity index is 2.66. The maximum absolute atomic E-state index is 11.4. The largest absolute Gasteiger partial charge is 0.496 e. The van der Waals surface area contributed by atoms with Crippen molar-refractivity contribution in [2.75, 3.05) is 14.2 Å². The van der Waals surface area contributed by atoms with Gasteiger partial charge in [-0.15, -0.1) is 0 Å². The van der Waals surface area contributed by atoms with E-state index in [1.807, 2.05) is 0 Å². The molecule has 0 spiro atoms. The first kappa shape index (κ1) is 15.6. The van der Waals surface area contributed by atoms with E-state index in [2.05, 4.69) is 0 Å². The molecule has 21 heavy (non-hydrogen) atoms. The number of methoxy groups -OCH3 is 2. The van der Waals surface area contributed by atoms with E-state index >= 15 is 0 Å². The van der Waals surface area contributed by atoms with Crippen LogP contribution in [0.1, 0.15) is 0 Å². The van der Waals surface area contributed by atoms with Gasteiger partial charge in [-0.3, -0.25) is 0 Å². The molecule has 2 aromatic rings. The molecule has 0 amide bonds. The van der Waals surface area contributed by atoms with Gasteiger partial charge in [0.25, 0.3) is 0 Å². The highest BCUT2D eigenvalue weighted by atomic mass is 35.5. The predicted octanol–water partition coefficient (Wildman–Crippen LogP) is 2.67. The number of sulfonamides is 1. The van der Waals surface area contributed by atoms with Crippen molar-refractivity contribution in [2.24, 2.45) is 5.14 Å². The maximum atomic E-state index is 11.4. The highest BCUT2D eigenvalue weighted by molar-refractivity contribution is 7.89. The molecule has 0 fully saturated rings. The number of hydrogen-bond donors (Lipinski definition) is 1. The van der Waals surface area contributed by atoms with Crippen molar-refractivity contribution in [3.63, 3.8) is 0 Å². The molecule has 0 aliphatic rings. The third kappa shape index (κ3) is 3.12. The van der Waals surface area contributed by atoms with Crippen LogP contribution >= 0.6 is 11.6 Å². The van der Waals surface area contributed by atoms with E-state index in [-0.39, 0.29) is 9.92 Å². The van der Waals surface area contributed by atoms with Crippen LogP contribution in [0.4, 0.5) is 0 Å². The third-order valence-corrected chi connectivity index (χ3v) is 4.35. The Morgan fingerprint density at radius 3 is 2.05 bits per heavy atom. The molecule has 7 heteroatoms. The van der Waals surface area contributed by atoms with Crippen LogP contribution < -0.4 is 14.6 Å². The summed E-state index contributed by atoms with van der Waals surface area (Å²) in [6, 6.07) is 9.83. The fourth-order valence-electron chi connectivity index (χ4n) is 2.02. The van der Waals surface area contributed by atoms with Gasteiger partial charge in [-0.25, -0.2) is 13.6 Å². The Morgan fingerprint density at radius 2 is 1.62 bits per heavy atom. The molecule has 2 aromatic carbocycles. The first-order valence-corrected chi connectivity index (χ1v) is 7.84. The molecule has 0 atom stereocenters. The minimum atomic E-state index is -3.86. The lowest BCUT2D eigenvalue weighted by Crippen LogP contribution is -2.12. The summed E-state index contributed by atoms with van der Waals surface area (Å²) in [6.07, 6.45) is 0. The van der Waals surface area contributed by atoms with Crippen LogP contribution in [0, 0.1) is 0 Å². The van der Waals surface area contributed by atoms with Crippen LogP contribution in [0.25, 0.3) is 11.1 Å². The zero-order valence-electron chi connectivity index (χ0n) is 11.5. The molecule has 0 aliphatic heterocycles. The predicted molar refractivity (Wildman–Crippen MR) is 81.4 cm³/mol. The van der Waals surface area contributed by atoms with Crippen molar-refractivity contribution in [3.8, 4) is 22.6 Å². The molecule has 0 saturated heterocycles. The molecular weight excluding hydrogens is 314 g/mol. The van der Waals surface area contributed by atoms with Crippen LogP contribution in [0.2, 0.25) is 5.02 Å². The van der Waals surface area contributed by atoms with Gasteiger partial charge >= 0.3 is 0 Å². The van der Waals surface area contributed by atoms with E-state index in [0.717, 1.165) is 0 Å². The van der Waals surface area contributed by atoms with Crippen molar-refractivity contribution in [1.29, 1.82) is 0 Å². The fourth-order valence-corrected chi connectivity index (χ4v) is 3.11. The molecule has 112 valence electrons. The van der Waals surface area contributed by atoms with Gasteiger partial charge < -0.3 is 9.47 Å². The summed E-state index contributed by atoms with van der Waals surface area (Å²) in [5.74, 6) is 1.18. The first-order valence-electron chi connectivity index (χ1n) is 5.92. The number of halogens is 1. The Labute approximate surface area is 128 Å². The van der Waals surface area contributed by atoms with Crippen molar-refractivity contribution in [1.82, 2.24) is 0 Å². The number of hydrogen-bond acceptors (Lipinski definition) is 4. The van der Waals surface area contributed by atoms with Crippen molar-refractivity contribution in [2.45, 2.75) is 4.90 Å². The van der Waals surface area contributed by atoms with Crippen molar-refractivity contribution < 1.29 is 17.9 Å². The number of rotatable bonds is 4. The minimum Gasteiger partial charge on any atom is -0.496 e. The van der Waals surface area contributed by atoms with E-state index in [1.54, 1.807) is 38.5 Å². The van der Waals surface area contributed by atoms with E-state index in [9.17, 15) is 8.42 Å². The lowest BCUT2D eigenvalue weighted by Gasteiger charge is -2.14. The van der Waals surface area contributed by atoms with E-state index < -0.39 is 10.0 Å². The average Bonchev–Trinajstić information content (AvgIpc) is 2.44. The lowest BCUT2D eigenvalue weighted by atomic mass is 10.0. The van der Waals surface area contributed by atoms with Crippen molar-refractivity contribution in [3.05, 3.63) is 41.4 Å². The van der Waals surface area contributed by atoms with Crippen LogP contribution in [-0.2, 0) is 10.0 Å². The Kier molecular flexibility index (Phi) is 4.41. The molecular formula is C14H14ClNO4S. The third-order valence-electron chi connectivity index (χ3n) is 2.95. The minimum absolute atomic E-state index is 0.0444. The summed E-state index contributed by atoms with van der Waals surface area (Å²) >= 11 is 6.01. The number of nitrogens with two attached hydrogens (primary N) is 1. The van der Waals surface area contributed by atoms with Gasteiger partial charge in [0.1, 0.15) is 16.4 Å². The second-order valence-electron chi connectivity index (χ2n) is 4.23. The Bertz CT molecular complexity index is 752. The SMILES string of the molecule is COc1cccc(OC)c1-c1ccc(S(N)(=O)=O)c(Cl)c1. The van der Waals surface area contributed by atoms with E-state index in [4.69, 9.17) is 26.2 Å². The normalized spacial score (nSPS) is 11.2. The van der Waals surface area contributed by atoms with Gasteiger partial charge in [-0.1, -0.05) is 23.7 Å². The highest BCUT2D eigenvalue weighted by Gasteiger charge is 2.17. The molecule has 5 nitrogen and oxygen atoms in total. The molecule has 0 aliphatic carbocycles. The first-order chi connectivity index (χ1) is 9.88. The van der Waals surface area contributed by atoms with Gasteiger partial charge in [-0.2, -0.15) is 0 Å². The topological polar surface area (TPSA) is 78.6 Å². The quantitative estimate of drug-likeness (QED) is 0.936. The van der Waals surface area contributed by atoms with Crippen LogP contribution in [0.15, 0.2) is 41.3 Å². The zero-order chi connectivity index (χ0) is 15.6. The summed E-state index contributed by atoms with van der Waals surface area (Å²) in [6.45, 7) is 0. The average molecular weight is 328 g/mol. The fraction of sp³-hybridized carbons (Fsp3) is 0.143. The van der Waals surface area contributed by atoms with Gasteiger partial charge in [0.2, 0.25) is 10.0 Å². The zero-order valence-corrected chi connectivity index (χ0v) is 13.0. The molecule has 0 heterocycles. The summed E-state index contributed by atoms with van der Waals surface area (Å²) in [5, 5.41) is 5.14. The molecule has 0 bridgehead atoms. The summed E-state index contributed by atoms with van der Waals surface area (Å²) in [4.78, 5) is -0.123. The maximum Gasteiger partial charge on any atom is 0.239 e. The Hall–Kier alpha value is -1.76. The molecule has 0 saturated carbocycles. The molecule has 0 radical (unpaired) electrons. The summed E-state index contributed by atoms with van der Waals surface area (Å²) < 4.78 is 33.4. The molecule has 0 aromatic heterocycles. The van der Waals surface area contributed by atoms with Crippen LogP contribution in [0.3, 0.4) is 0 Å². The molecule has 2 N–H and O–H groups in total. The smallest absolute Gasteiger partial charge is 0.239 e. The second-order valence-corrected chi connectivity index (χ2v) is 6.16. The summed E-state index contributed by atoms with van der Waals surface area (Å²) in [5.41, 5.74) is 1.35. The summed E-state index contributed by atoms with van der Waals surface area (Å²) in [7, 11) is -0.778.